The van der Waals surface area contributed by atoms with E-state index in [9.17, 15) is 4.39 Å². The average Bonchev–Trinajstić information content (AvgIpc) is 2.31. The van der Waals surface area contributed by atoms with Gasteiger partial charge in [-0.15, -0.1) is 0 Å². The van der Waals surface area contributed by atoms with E-state index in [1.807, 2.05) is 13.2 Å². The molecule has 1 aromatic carbocycles. The molecule has 0 bridgehead atoms. The Hall–Kier alpha value is -1.10. The van der Waals surface area contributed by atoms with Crippen molar-refractivity contribution in [3.8, 4) is 5.75 Å². The normalized spacial score (nSPS) is 10.3. The number of hydrogen-bond acceptors (Lipinski definition) is 4. The third-order valence-electron chi connectivity index (χ3n) is 2.19. The molecule has 0 radical (unpaired) electrons. The van der Waals surface area contributed by atoms with Crippen molar-refractivity contribution in [2.45, 2.75) is 13.3 Å². The van der Waals surface area contributed by atoms with Crippen molar-refractivity contribution in [1.29, 1.82) is 0 Å². The second-order valence-electron chi connectivity index (χ2n) is 3.64. The van der Waals surface area contributed by atoms with Crippen LogP contribution in [0.4, 0.5) is 15.8 Å². The number of ether oxygens (including phenoxy) is 1. The summed E-state index contributed by atoms with van der Waals surface area (Å²) in [5.41, 5.74) is 6.87. The Bertz CT molecular complexity index is 361. The molecule has 96 valence electrons. The second kappa shape index (κ2) is 7.27. The minimum absolute atomic E-state index is 0.257. The molecule has 1 aromatic rings. The summed E-state index contributed by atoms with van der Waals surface area (Å²) >= 11 is 1.74. The minimum Gasteiger partial charge on any atom is -0.490 e. The molecule has 1 rings (SSSR count). The molecule has 0 unspecified atom stereocenters. The SMILES string of the molecule is CCCOc1cc(NCCSC)c(N)cc1F. The van der Waals surface area contributed by atoms with Gasteiger partial charge in [0.1, 0.15) is 0 Å². The molecule has 0 heterocycles. The van der Waals surface area contributed by atoms with Gasteiger partial charge >= 0.3 is 0 Å². The van der Waals surface area contributed by atoms with Crippen molar-refractivity contribution in [3.05, 3.63) is 17.9 Å². The molecule has 0 aliphatic rings. The lowest BCUT2D eigenvalue weighted by Gasteiger charge is -2.12. The monoisotopic (exact) mass is 258 g/mol. The van der Waals surface area contributed by atoms with Crippen LogP contribution in [-0.2, 0) is 0 Å². The first kappa shape index (κ1) is 14.0. The van der Waals surface area contributed by atoms with Gasteiger partial charge < -0.3 is 15.8 Å². The molecule has 0 saturated carbocycles. The number of nitrogens with two attached hydrogens (primary N) is 1. The van der Waals surface area contributed by atoms with Gasteiger partial charge in [-0.2, -0.15) is 11.8 Å². The van der Waals surface area contributed by atoms with Gasteiger partial charge in [0, 0.05) is 24.4 Å². The van der Waals surface area contributed by atoms with Crippen LogP contribution in [0.25, 0.3) is 0 Å². The Kier molecular flexibility index (Phi) is 5.97. The van der Waals surface area contributed by atoms with E-state index < -0.39 is 5.82 Å². The Morgan fingerprint density at radius 3 is 2.88 bits per heavy atom. The molecule has 0 fully saturated rings. The first-order chi connectivity index (χ1) is 8.19. The summed E-state index contributed by atoms with van der Waals surface area (Å²) in [7, 11) is 0. The van der Waals surface area contributed by atoms with Gasteiger partial charge in [-0.05, 0) is 12.7 Å². The maximum Gasteiger partial charge on any atom is 0.167 e. The molecule has 0 spiro atoms. The van der Waals surface area contributed by atoms with Crippen LogP contribution in [0, 0.1) is 5.82 Å². The third kappa shape index (κ3) is 4.34. The molecule has 0 aliphatic heterocycles. The van der Waals surface area contributed by atoms with Crippen LogP contribution >= 0.6 is 11.8 Å². The summed E-state index contributed by atoms with van der Waals surface area (Å²) in [6.45, 7) is 3.28. The van der Waals surface area contributed by atoms with E-state index in [0.717, 1.165) is 24.4 Å². The van der Waals surface area contributed by atoms with E-state index >= 15 is 0 Å². The van der Waals surface area contributed by atoms with Crippen LogP contribution in [0.2, 0.25) is 0 Å². The van der Waals surface area contributed by atoms with Crippen LogP contribution < -0.4 is 15.8 Å². The predicted molar refractivity (Wildman–Crippen MR) is 73.5 cm³/mol. The summed E-state index contributed by atoms with van der Waals surface area (Å²) in [6.07, 6.45) is 2.88. The van der Waals surface area contributed by atoms with Crippen LogP contribution in [0.5, 0.6) is 5.75 Å². The minimum atomic E-state index is -0.411. The number of halogens is 1. The zero-order chi connectivity index (χ0) is 12.7. The van der Waals surface area contributed by atoms with Gasteiger partial charge in [0.2, 0.25) is 0 Å². The van der Waals surface area contributed by atoms with E-state index in [-0.39, 0.29) is 5.75 Å². The van der Waals surface area contributed by atoms with E-state index in [2.05, 4.69) is 5.32 Å². The highest BCUT2D eigenvalue weighted by molar-refractivity contribution is 7.98. The van der Waals surface area contributed by atoms with Gasteiger partial charge in [-0.1, -0.05) is 6.92 Å². The van der Waals surface area contributed by atoms with Gasteiger partial charge in [0.25, 0.3) is 0 Å². The average molecular weight is 258 g/mol. The molecule has 5 heteroatoms. The zero-order valence-electron chi connectivity index (χ0n) is 10.3. The Labute approximate surface area is 106 Å². The maximum absolute atomic E-state index is 13.5. The lowest BCUT2D eigenvalue weighted by molar-refractivity contribution is 0.301. The smallest absolute Gasteiger partial charge is 0.167 e. The topological polar surface area (TPSA) is 47.3 Å². The number of nitrogens with one attached hydrogen (secondary N) is 1. The summed E-state index contributed by atoms with van der Waals surface area (Å²) < 4.78 is 18.8. The number of benzene rings is 1. The molecule has 0 aromatic heterocycles. The number of nitrogen functional groups attached to an aromatic ring is 1. The van der Waals surface area contributed by atoms with Gasteiger partial charge in [-0.25, -0.2) is 4.39 Å². The zero-order valence-corrected chi connectivity index (χ0v) is 11.1. The van der Waals surface area contributed by atoms with Crippen molar-refractivity contribution in [2.75, 3.05) is 36.2 Å². The fourth-order valence-corrected chi connectivity index (χ4v) is 1.64. The van der Waals surface area contributed by atoms with Crippen molar-refractivity contribution in [1.82, 2.24) is 0 Å². The van der Waals surface area contributed by atoms with Gasteiger partial charge in [0.05, 0.1) is 18.0 Å². The van der Waals surface area contributed by atoms with Gasteiger partial charge in [-0.3, -0.25) is 0 Å². The van der Waals surface area contributed by atoms with E-state index in [0.29, 0.717) is 12.3 Å². The molecule has 0 amide bonds. The van der Waals surface area contributed by atoms with Gasteiger partial charge in [0.15, 0.2) is 11.6 Å². The van der Waals surface area contributed by atoms with E-state index in [1.165, 1.54) is 6.07 Å². The fourth-order valence-electron chi connectivity index (χ4n) is 1.33. The lowest BCUT2D eigenvalue weighted by Crippen LogP contribution is -2.07. The molecular formula is C12H19FN2OS. The number of rotatable bonds is 7. The molecule has 17 heavy (non-hydrogen) atoms. The molecule has 0 atom stereocenters. The number of thioether (sulfide) groups is 1. The summed E-state index contributed by atoms with van der Waals surface area (Å²) in [4.78, 5) is 0. The van der Waals surface area contributed by atoms with Crippen molar-refractivity contribution < 1.29 is 9.13 Å². The highest BCUT2D eigenvalue weighted by Crippen LogP contribution is 2.28. The maximum atomic E-state index is 13.5. The van der Waals surface area contributed by atoms with Crippen LogP contribution in [0.1, 0.15) is 13.3 Å². The molecule has 0 aliphatic carbocycles. The molecule has 3 N–H and O–H groups in total. The predicted octanol–water partition coefficient (Wildman–Crippen LogP) is 2.97. The first-order valence-electron chi connectivity index (χ1n) is 5.63. The number of hydrogen-bond donors (Lipinski definition) is 2. The lowest BCUT2D eigenvalue weighted by atomic mass is 10.2. The largest absolute Gasteiger partial charge is 0.490 e. The third-order valence-corrected chi connectivity index (χ3v) is 2.80. The first-order valence-corrected chi connectivity index (χ1v) is 7.03. The molecular weight excluding hydrogens is 239 g/mol. The quantitative estimate of drug-likeness (QED) is 0.583. The summed E-state index contributed by atoms with van der Waals surface area (Å²) in [5.74, 6) is 0.821. The Morgan fingerprint density at radius 1 is 1.47 bits per heavy atom. The van der Waals surface area contributed by atoms with Crippen molar-refractivity contribution >= 4 is 23.1 Å². The second-order valence-corrected chi connectivity index (χ2v) is 4.62. The van der Waals surface area contributed by atoms with Crippen LogP contribution in [-0.4, -0.2) is 25.2 Å². The fraction of sp³-hybridized carbons (Fsp3) is 0.500. The van der Waals surface area contributed by atoms with E-state index in [1.54, 1.807) is 17.8 Å². The van der Waals surface area contributed by atoms with Crippen molar-refractivity contribution in [2.24, 2.45) is 0 Å². The van der Waals surface area contributed by atoms with Crippen molar-refractivity contribution in [3.63, 3.8) is 0 Å². The van der Waals surface area contributed by atoms with Crippen LogP contribution in [0.15, 0.2) is 12.1 Å². The highest BCUT2D eigenvalue weighted by atomic mass is 32.2. The van der Waals surface area contributed by atoms with Crippen LogP contribution in [0.3, 0.4) is 0 Å². The highest BCUT2D eigenvalue weighted by Gasteiger charge is 2.08. The summed E-state index contributed by atoms with van der Waals surface area (Å²) in [5, 5.41) is 3.17. The standard InChI is InChI=1S/C12H19FN2OS/c1-3-5-16-12-8-11(15-4-6-17-2)10(14)7-9(12)13/h7-8,15H,3-6,14H2,1-2H3. The Balaban J connectivity index is 2.74. The molecule has 0 saturated heterocycles. The molecule has 3 nitrogen and oxygen atoms in total. The summed E-state index contributed by atoms with van der Waals surface area (Å²) in [6, 6.07) is 2.92. The Morgan fingerprint density at radius 2 is 2.24 bits per heavy atom. The number of anilines is 2. The van der Waals surface area contributed by atoms with E-state index in [4.69, 9.17) is 10.5 Å².